The Morgan fingerprint density at radius 1 is 1.30 bits per heavy atom. The third-order valence-corrected chi connectivity index (χ3v) is 5.11. The molecule has 1 aromatic heterocycles. The summed E-state index contributed by atoms with van der Waals surface area (Å²) in [5, 5.41) is 3.34. The van der Waals surface area contributed by atoms with Crippen LogP contribution in [0.5, 0.6) is 5.75 Å². The van der Waals surface area contributed by atoms with Crippen LogP contribution in [0.4, 0.5) is 13.2 Å². The summed E-state index contributed by atoms with van der Waals surface area (Å²) in [6, 6.07) is 6.92. The second-order valence-electron chi connectivity index (χ2n) is 7.24. The van der Waals surface area contributed by atoms with Crippen LogP contribution in [0.2, 0.25) is 0 Å². The minimum absolute atomic E-state index is 0. The molecule has 1 aliphatic rings. The maximum absolute atomic E-state index is 12.2. The minimum Gasteiger partial charge on any atom is -0.484 e. The number of guanidine groups is 1. The van der Waals surface area contributed by atoms with Gasteiger partial charge in [0.15, 0.2) is 12.6 Å². The summed E-state index contributed by atoms with van der Waals surface area (Å²) in [6.45, 7) is 3.23. The molecule has 1 aromatic carbocycles. The molecular weight excluding hydrogens is 510 g/mol. The van der Waals surface area contributed by atoms with E-state index in [0.29, 0.717) is 18.5 Å². The number of imidazole rings is 1. The van der Waals surface area contributed by atoms with Crippen molar-refractivity contribution in [1.29, 1.82) is 0 Å². The van der Waals surface area contributed by atoms with Gasteiger partial charge in [-0.2, -0.15) is 13.2 Å². The lowest BCUT2D eigenvalue weighted by Crippen LogP contribution is -2.48. The Morgan fingerprint density at radius 2 is 2.03 bits per heavy atom. The van der Waals surface area contributed by atoms with E-state index >= 15 is 0 Å². The van der Waals surface area contributed by atoms with Gasteiger partial charge in [0.1, 0.15) is 5.75 Å². The summed E-state index contributed by atoms with van der Waals surface area (Å²) in [4.78, 5) is 10.8. The normalized spacial score (nSPS) is 19.9. The SMILES string of the molecule is CN=C(NCc1ccc(OCC(F)(F)F)cc1)N1CCC(C)C(n2ccnc2)C1.I. The maximum Gasteiger partial charge on any atom is 0.422 e. The predicted octanol–water partition coefficient (Wildman–Crippen LogP) is 4.10. The highest BCUT2D eigenvalue weighted by molar-refractivity contribution is 14.0. The average Bonchev–Trinajstić information content (AvgIpc) is 3.23. The summed E-state index contributed by atoms with van der Waals surface area (Å²) in [5.74, 6) is 1.55. The first-order chi connectivity index (χ1) is 13.9. The Labute approximate surface area is 191 Å². The number of nitrogens with one attached hydrogen (secondary N) is 1. The van der Waals surface area contributed by atoms with Crippen LogP contribution in [0.3, 0.4) is 0 Å². The lowest BCUT2D eigenvalue weighted by atomic mass is 9.93. The molecule has 3 rings (SSSR count). The third kappa shape index (κ3) is 6.78. The fourth-order valence-corrected chi connectivity index (χ4v) is 3.48. The van der Waals surface area contributed by atoms with E-state index in [4.69, 9.17) is 4.74 Å². The number of hydrogen-bond acceptors (Lipinski definition) is 3. The van der Waals surface area contributed by atoms with Crippen molar-refractivity contribution in [2.24, 2.45) is 10.9 Å². The standard InChI is InChI=1S/C20H26F3N5O.HI/c1-15-7-9-27(12-18(15)28-10-8-25-14-28)19(24-2)26-11-16-3-5-17(6-4-16)29-13-20(21,22)23;/h3-6,8,10,14-15,18H,7,9,11-13H2,1-2H3,(H,24,26);1H. The molecule has 2 aromatic rings. The molecule has 0 amide bonds. The van der Waals surface area contributed by atoms with E-state index in [2.05, 4.69) is 31.7 Å². The van der Waals surface area contributed by atoms with E-state index in [1.165, 1.54) is 0 Å². The summed E-state index contributed by atoms with van der Waals surface area (Å²) >= 11 is 0. The van der Waals surface area contributed by atoms with E-state index in [0.717, 1.165) is 31.0 Å². The van der Waals surface area contributed by atoms with Gasteiger partial charge in [-0.15, -0.1) is 24.0 Å². The highest BCUT2D eigenvalue weighted by Crippen LogP contribution is 2.27. The largest absolute Gasteiger partial charge is 0.484 e. The van der Waals surface area contributed by atoms with Crippen LogP contribution in [0, 0.1) is 5.92 Å². The Bertz CT molecular complexity index is 796. The molecule has 30 heavy (non-hydrogen) atoms. The topological polar surface area (TPSA) is 54.7 Å². The molecule has 2 unspecified atom stereocenters. The molecule has 0 radical (unpaired) electrons. The minimum atomic E-state index is -4.34. The smallest absolute Gasteiger partial charge is 0.422 e. The lowest BCUT2D eigenvalue weighted by molar-refractivity contribution is -0.153. The monoisotopic (exact) mass is 537 g/mol. The van der Waals surface area contributed by atoms with E-state index in [9.17, 15) is 13.2 Å². The first kappa shape index (κ1) is 24.3. The molecule has 1 saturated heterocycles. The van der Waals surface area contributed by atoms with Crippen LogP contribution < -0.4 is 10.1 Å². The van der Waals surface area contributed by atoms with Gasteiger partial charge in [0.2, 0.25) is 0 Å². The zero-order valence-electron chi connectivity index (χ0n) is 17.0. The van der Waals surface area contributed by atoms with Crippen molar-refractivity contribution in [2.45, 2.75) is 32.1 Å². The Hall–Kier alpha value is -1.98. The van der Waals surface area contributed by atoms with E-state index in [1.807, 2.05) is 12.5 Å². The van der Waals surface area contributed by atoms with Gasteiger partial charge < -0.3 is 19.5 Å². The first-order valence-electron chi connectivity index (χ1n) is 9.57. The fourth-order valence-electron chi connectivity index (χ4n) is 3.48. The van der Waals surface area contributed by atoms with Crippen LogP contribution >= 0.6 is 24.0 Å². The summed E-state index contributed by atoms with van der Waals surface area (Å²) in [6.07, 6.45) is 2.34. The second-order valence-corrected chi connectivity index (χ2v) is 7.24. The average molecular weight is 537 g/mol. The van der Waals surface area contributed by atoms with Gasteiger partial charge in [-0.25, -0.2) is 4.98 Å². The second kappa shape index (κ2) is 10.9. The lowest BCUT2D eigenvalue weighted by Gasteiger charge is -2.39. The molecule has 6 nitrogen and oxygen atoms in total. The quantitative estimate of drug-likeness (QED) is 0.355. The number of hydrogen-bond donors (Lipinski definition) is 1. The third-order valence-electron chi connectivity index (χ3n) is 5.11. The van der Waals surface area contributed by atoms with E-state index < -0.39 is 12.8 Å². The Balaban J connectivity index is 0.00000320. The molecule has 0 bridgehead atoms. The van der Waals surface area contributed by atoms with Gasteiger partial charge in [-0.05, 0) is 30.0 Å². The van der Waals surface area contributed by atoms with Crippen LogP contribution in [0.1, 0.15) is 24.9 Å². The number of likely N-dealkylation sites (tertiary alicyclic amines) is 1. The molecule has 1 N–H and O–H groups in total. The van der Waals surface area contributed by atoms with Gasteiger partial charge in [0.25, 0.3) is 0 Å². The number of aromatic nitrogens is 2. The molecule has 2 atom stereocenters. The molecular formula is C20H27F3IN5O. The summed E-state index contributed by atoms with van der Waals surface area (Å²) in [7, 11) is 1.75. The number of halogens is 4. The van der Waals surface area contributed by atoms with Crippen LogP contribution in [-0.4, -0.2) is 53.3 Å². The van der Waals surface area contributed by atoms with E-state index in [-0.39, 0.29) is 29.7 Å². The van der Waals surface area contributed by atoms with Gasteiger partial charge >= 0.3 is 6.18 Å². The molecule has 166 valence electrons. The highest BCUT2D eigenvalue weighted by atomic mass is 127. The number of benzene rings is 1. The molecule has 0 aliphatic carbocycles. The fraction of sp³-hybridized carbons (Fsp3) is 0.500. The zero-order valence-corrected chi connectivity index (χ0v) is 19.3. The van der Waals surface area contributed by atoms with Gasteiger partial charge in [-0.1, -0.05) is 19.1 Å². The van der Waals surface area contributed by atoms with Crippen molar-refractivity contribution in [1.82, 2.24) is 19.8 Å². The Morgan fingerprint density at radius 3 is 2.63 bits per heavy atom. The first-order valence-corrected chi connectivity index (χ1v) is 9.57. The van der Waals surface area contributed by atoms with Crippen molar-refractivity contribution in [2.75, 3.05) is 26.7 Å². The van der Waals surface area contributed by atoms with Crippen LogP contribution in [0.15, 0.2) is 48.0 Å². The maximum atomic E-state index is 12.2. The van der Waals surface area contributed by atoms with Crippen molar-refractivity contribution in [3.05, 3.63) is 48.5 Å². The van der Waals surface area contributed by atoms with Gasteiger partial charge in [-0.3, -0.25) is 4.99 Å². The highest BCUT2D eigenvalue weighted by Gasteiger charge is 2.29. The molecule has 0 saturated carbocycles. The van der Waals surface area contributed by atoms with Crippen LogP contribution in [0.25, 0.3) is 0 Å². The molecule has 10 heteroatoms. The van der Waals surface area contributed by atoms with Crippen molar-refractivity contribution in [3.63, 3.8) is 0 Å². The Kier molecular flexibility index (Phi) is 8.80. The number of alkyl halides is 3. The molecule has 2 heterocycles. The predicted molar refractivity (Wildman–Crippen MR) is 120 cm³/mol. The number of piperidine rings is 1. The number of nitrogens with zero attached hydrogens (tertiary/aromatic N) is 4. The van der Waals surface area contributed by atoms with Gasteiger partial charge in [0, 0.05) is 39.1 Å². The van der Waals surface area contributed by atoms with Crippen molar-refractivity contribution >= 4 is 29.9 Å². The molecule has 1 aliphatic heterocycles. The molecule has 0 spiro atoms. The number of rotatable bonds is 5. The molecule has 1 fully saturated rings. The number of aliphatic imine (C=N–C) groups is 1. The number of ether oxygens (including phenoxy) is 1. The van der Waals surface area contributed by atoms with Crippen molar-refractivity contribution in [3.8, 4) is 5.75 Å². The van der Waals surface area contributed by atoms with E-state index in [1.54, 1.807) is 37.5 Å². The summed E-state index contributed by atoms with van der Waals surface area (Å²) < 4.78 is 43.6. The zero-order chi connectivity index (χ0) is 20.9. The van der Waals surface area contributed by atoms with Gasteiger partial charge in [0.05, 0.1) is 12.4 Å². The van der Waals surface area contributed by atoms with Crippen LogP contribution in [-0.2, 0) is 6.54 Å². The summed E-state index contributed by atoms with van der Waals surface area (Å²) in [5.41, 5.74) is 0.932. The van der Waals surface area contributed by atoms with Crippen molar-refractivity contribution < 1.29 is 17.9 Å².